The summed E-state index contributed by atoms with van der Waals surface area (Å²) < 4.78 is 236. The fourth-order valence-corrected chi connectivity index (χ4v) is 21.1. The van der Waals surface area contributed by atoms with Crippen LogP contribution in [0.5, 0.6) is 0 Å². The lowest BCUT2D eigenvalue weighted by atomic mass is 9.93. The predicted octanol–water partition coefficient (Wildman–Crippen LogP) is 40.7. The Hall–Kier alpha value is -19.5. The van der Waals surface area contributed by atoms with Crippen molar-refractivity contribution < 1.29 is 34.3 Å². The Kier molecular flexibility index (Phi) is 16.5. The van der Waals surface area contributed by atoms with Crippen LogP contribution in [0, 0.1) is 0 Å². The van der Waals surface area contributed by atoms with Crippen molar-refractivity contribution in [3.8, 4) is 61.3 Å². The second-order valence-corrected chi connectivity index (χ2v) is 36.5. The van der Waals surface area contributed by atoms with Crippen molar-refractivity contribution in [3.63, 3.8) is 0 Å². The number of anilines is 9. The molecule has 29 rings (SSSR count). The molecule has 1 aromatic heterocycles. The van der Waals surface area contributed by atoms with Crippen molar-refractivity contribution in [2.24, 2.45) is 0 Å². The molecule has 0 bridgehead atoms. The van der Waals surface area contributed by atoms with Crippen LogP contribution in [-0.4, -0.2) is 4.57 Å². The second kappa shape index (κ2) is 37.7. The molecular formula is C144H96N4. The van der Waals surface area contributed by atoms with Crippen LogP contribution >= 0.6 is 0 Å². The average molecular weight is 1910 g/mol. The van der Waals surface area contributed by atoms with Gasteiger partial charge in [-0.1, -0.05) is 443 Å². The lowest BCUT2D eigenvalue weighted by molar-refractivity contribution is 1.18. The number of rotatable bonds is 15. The van der Waals surface area contributed by atoms with Crippen LogP contribution in [0.4, 0.5) is 51.2 Å². The third-order valence-corrected chi connectivity index (χ3v) is 28.0. The first-order valence-corrected chi connectivity index (χ1v) is 49.0. The van der Waals surface area contributed by atoms with Gasteiger partial charge in [0.15, 0.2) is 0 Å². The maximum Gasteiger partial charge on any atom is 0.0645 e. The molecule has 0 spiro atoms. The lowest BCUT2D eigenvalue weighted by Crippen LogP contribution is -2.10. The largest absolute Gasteiger partial charge is 0.310 e. The summed E-state index contributed by atoms with van der Waals surface area (Å²) in [6, 6.07) is 127. The van der Waals surface area contributed by atoms with Gasteiger partial charge in [-0.05, 0) is 308 Å². The Balaban J connectivity index is 0.000000124. The molecule has 148 heavy (non-hydrogen) atoms. The molecule has 0 unspecified atom stereocenters. The van der Waals surface area contributed by atoms with Gasteiger partial charge in [0.25, 0.3) is 0 Å². The Morgan fingerprint density at radius 1 is 0.142 bits per heavy atom. The average Bonchev–Trinajstić information content (AvgIpc) is 1.06. The highest BCUT2D eigenvalue weighted by Crippen LogP contribution is 2.50. The molecule has 29 aromatic rings. The zero-order valence-corrected chi connectivity index (χ0v) is 79.3. The van der Waals surface area contributed by atoms with E-state index in [1.54, 1.807) is 36.4 Å². The molecule has 28 aromatic carbocycles. The molecule has 0 amide bonds. The number of benzene rings is 28. The van der Waals surface area contributed by atoms with Gasteiger partial charge in [-0.15, -0.1) is 0 Å². The molecule has 4 nitrogen and oxygen atoms in total. The maximum atomic E-state index is 9.88. The molecule has 1 heterocycles. The first-order chi connectivity index (χ1) is 83.8. The van der Waals surface area contributed by atoms with Gasteiger partial charge in [-0.2, -0.15) is 0 Å². The van der Waals surface area contributed by atoms with Crippen molar-refractivity contribution in [3.05, 3.63) is 582 Å². The number of fused-ring (bicyclic) bond motifs is 21. The summed E-state index contributed by atoms with van der Waals surface area (Å²) in [5.41, 5.74) is 5.91. The lowest BCUT2D eigenvalue weighted by Gasteiger charge is -2.28. The molecule has 0 aliphatic heterocycles. The normalized spacial score (nSPS) is 13.9. The van der Waals surface area contributed by atoms with Crippen LogP contribution in [0.15, 0.2) is 582 Å². The quantitative estimate of drug-likeness (QED) is 0.0951. The highest BCUT2D eigenvalue weighted by atomic mass is 15.2. The van der Waals surface area contributed by atoms with Crippen LogP contribution < -0.4 is 14.7 Å². The Bertz CT molecular complexity index is 11700. The first kappa shape index (κ1) is 64.8. The van der Waals surface area contributed by atoms with E-state index >= 15 is 0 Å². The minimum absolute atomic E-state index is 0.100. The van der Waals surface area contributed by atoms with Crippen LogP contribution in [0.1, 0.15) is 34.3 Å². The molecule has 4 heteroatoms. The third-order valence-electron chi connectivity index (χ3n) is 28.0. The van der Waals surface area contributed by atoms with E-state index < -0.39 is 66.5 Å². The highest BCUT2D eigenvalue weighted by molar-refractivity contribution is 6.20. The number of aromatic nitrogens is 1. The molecule has 0 N–H and O–H groups in total. The van der Waals surface area contributed by atoms with E-state index in [9.17, 15) is 27.4 Å². The maximum absolute atomic E-state index is 9.88. The van der Waals surface area contributed by atoms with E-state index in [0.717, 1.165) is 141 Å². The number of para-hydroxylation sites is 3. The Morgan fingerprint density at radius 3 is 0.811 bits per heavy atom. The van der Waals surface area contributed by atoms with Gasteiger partial charge in [-0.3, -0.25) is 0 Å². The van der Waals surface area contributed by atoms with E-state index in [1.807, 2.05) is 388 Å². The van der Waals surface area contributed by atoms with Gasteiger partial charge < -0.3 is 19.3 Å². The highest BCUT2D eigenvalue weighted by Gasteiger charge is 2.25. The van der Waals surface area contributed by atoms with Gasteiger partial charge in [-0.25, -0.2) is 0 Å². The standard InChI is InChI=1S/C58H38N2.C46H31N.C40H27N/c1-2-16-44(17-3-1)60-56-25-13-12-24-53(56)55-36-41(30-35-57(55)60)39-26-31-45(32-27-39)59(58-38-43-15-5-7-19-48(43)50-21-10-11-23-52(50)58)46-33-28-40(29-34-46)54-37-42-14-4-6-18-47(42)49-20-8-9-22-51(49)54;1-2-10-32(11-3-1)33-20-25-39(26-21-33)47(46-31-37-13-5-7-15-42(37)44-16-8-9-17-45(44)46)40-27-22-34(23-28-40)36-24-29-43-38(30-36)19-18-35-12-4-6-14-41(35)43;1-2-12-33(13-3-1)41(40-27-31-11-5-7-15-36(31)38-16-8-9-17-39(38)40)34-23-20-28(21-24-34)30-22-25-37-32(26-30)19-18-29-10-4-6-14-35(29)37/h1-38H;1-31H;1-27H/i26D,27D,28D,29D,31D,32D,33D,34D;20D,21D,22D,23D,25D,26D,27D,28D;1D,2D,3D,12D,13D,20D,21D,23D,24D. The molecule has 0 saturated heterocycles. The predicted molar refractivity (Wildman–Crippen MR) is 635 cm³/mol. The molecule has 0 aliphatic rings. The summed E-state index contributed by atoms with van der Waals surface area (Å²) in [4.78, 5) is 4.15. The van der Waals surface area contributed by atoms with Gasteiger partial charge >= 0.3 is 0 Å². The van der Waals surface area contributed by atoms with Gasteiger partial charge in [0.2, 0.25) is 0 Å². The molecule has 0 saturated carbocycles. The van der Waals surface area contributed by atoms with E-state index in [2.05, 4.69) is 10.6 Å². The molecule has 0 aliphatic carbocycles. The van der Waals surface area contributed by atoms with Gasteiger partial charge in [0, 0.05) is 66.7 Å². The monoisotopic (exact) mass is 1910 g/mol. The third kappa shape index (κ3) is 16.0. The topological polar surface area (TPSA) is 14.7 Å². The minimum Gasteiger partial charge on any atom is -0.310 e. The van der Waals surface area contributed by atoms with Crippen molar-refractivity contribution in [2.75, 3.05) is 14.7 Å². The Labute approximate surface area is 894 Å². The Morgan fingerprint density at radius 2 is 0.405 bits per heavy atom. The van der Waals surface area contributed by atoms with Gasteiger partial charge in [0.05, 0.1) is 62.4 Å². The van der Waals surface area contributed by atoms with Crippen LogP contribution in [0.2, 0.25) is 0 Å². The van der Waals surface area contributed by atoms with Crippen molar-refractivity contribution in [2.45, 2.75) is 0 Å². The zero-order valence-electron chi connectivity index (χ0n) is 104. The van der Waals surface area contributed by atoms with Crippen molar-refractivity contribution >= 4 is 202 Å². The van der Waals surface area contributed by atoms with E-state index in [0.29, 0.717) is 61.0 Å². The van der Waals surface area contributed by atoms with Crippen molar-refractivity contribution in [1.29, 1.82) is 0 Å². The van der Waals surface area contributed by atoms with E-state index in [-0.39, 0.29) is 147 Å². The molecule has 692 valence electrons. The number of nitrogens with zero attached hydrogens (tertiary/aromatic N) is 4. The SMILES string of the molecule is [2H]c1c([2H])c(N(c2c([2H])c([2H])c(-c3cc4ccccc4c4ccccc34)c([2H])c2[2H])c2cc3ccccc3c3ccccc23)c([2H])c([2H])c1-c1ccc2c(c1)c1ccccc1n2-c1ccccc1.[2H]c1c([2H])c(N(c2c([2H])c([2H])c(-c3ccc4c(ccc5ccccc54)c3)c([2H])c2[2H])c2cc3ccccc3c3ccccc23)c([2H])c([2H])c1-c1ccccc1.[2H]c1c([2H])c([2H])c(N(c2c([2H])c([2H])c(-c3ccc4c(ccc5ccccc54)c3)c([2H])c2[2H])c2cc3ccccc3c3ccccc23)c([2H])c1[2H]. The molecular weight excluding hydrogens is 1790 g/mol. The number of hydrogen-bond donors (Lipinski definition) is 0. The van der Waals surface area contributed by atoms with Crippen LogP contribution in [0.3, 0.4) is 0 Å². The molecule has 0 fully saturated rings. The summed E-state index contributed by atoms with van der Waals surface area (Å²) in [5, 5.41) is 23.1. The minimum atomic E-state index is -0.578. The summed E-state index contributed by atoms with van der Waals surface area (Å²) >= 11 is 0. The second-order valence-electron chi connectivity index (χ2n) is 36.5. The summed E-state index contributed by atoms with van der Waals surface area (Å²) in [6.45, 7) is 0. The van der Waals surface area contributed by atoms with Crippen LogP contribution in [0.25, 0.3) is 212 Å². The number of hydrogen-bond acceptors (Lipinski definition) is 3. The van der Waals surface area contributed by atoms with Crippen molar-refractivity contribution in [1.82, 2.24) is 4.57 Å². The fourth-order valence-electron chi connectivity index (χ4n) is 21.1. The fraction of sp³-hybridized carbons (Fsp3) is 0. The summed E-state index contributed by atoms with van der Waals surface area (Å²) in [5.74, 6) is 0. The molecule has 0 radical (unpaired) electrons. The smallest absolute Gasteiger partial charge is 0.0645 e. The van der Waals surface area contributed by atoms with E-state index in [4.69, 9.17) is 6.85 Å². The molecule has 0 atom stereocenters. The summed E-state index contributed by atoms with van der Waals surface area (Å²) in [6.07, 6.45) is 0. The van der Waals surface area contributed by atoms with E-state index in [1.165, 1.54) is 14.7 Å². The van der Waals surface area contributed by atoms with Crippen LogP contribution in [-0.2, 0) is 0 Å². The first-order valence-electron chi connectivity index (χ1n) is 61.5. The summed E-state index contributed by atoms with van der Waals surface area (Å²) in [7, 11) is 0. The zero-order chi connectivity index (χ0) is 120. The van der Waals surface area contributed by atoms with Gasteiger partial charge in [0.1, 0.15) is 0 Å².